The van der Waals surface area contributed by atoms with Crippen molar-refractivity contribution in [2.45, 2.75) is 12.8 Å². The van der Waals surface area contributed by atoms with Crippen molar-refractivity contribution in [3.63, 3.8) is 0 Å². The Kier molecular flexibility index (Phi) is 8.21. The summed E-state index contributed by atoms with van der Waals surface area (Å²) >= 11 is 0. The monoisotopic (exact) mass is 296 g/mol. The number of allylic oxidation sites excluding steroid dienone is 2. The van der Waals surface area contributed by atoms with Crippen molar-refractivity contribution < 1.29 is 9.47 Å². The van der Waals surface area contributed by atoms with Crippen LogP contribution in [0.4, 0.5) is 0 Å². The fraction of sp³-hybridized carbons (Fsp3) is 0.200. The summed E-state index contributed by atoms with van der Waals surface area (Å²) in [7, 11) is 3.35. The molecule has 116 valence electrons. The second-order valence-electron chi connectivity index (χ2n) is 4.65. The van der Waals surface area contributed by atoms with Gasteiger partial charge in [0.05, 0.1) is 14.2 Å². The van der Waals surface area contributed by atoms with E-state index in [0.717, 1.165) is 24.3 Å². The lowest BCUT2D eigenvalue weighted by Gasteiger charge is -2.04. The minimum atomic E-state index is 0.865. The quantitative estimate of drug-likeness (QED) is 0.710. The van der Waals surface area contributed by atoms with Gasteiger partial charge in [-0.15, -0.1) is 13.2 Å². The Labute approximate surface area is 133 Å². The molecular weight excluding hydrogens is 272 g/mol. The average Bonchev–Trinajstić information content (AvgIpc) is 2.57. The topological polar surface area (TPSA) is 18.5 Å². The molecule has 0 saturated heterocycles. The van der Waals surface area contributed by atoms with Gasteiger partial charge in [-0.3, -0.25) is 0 Å². The molecule has 0 aliphatic carbocycles. The molecule has 0 spiro atoms. The zero-order valence-electron chi connectivity index (χ0n) is 13.4. The second-order valence-corrected chi connectivity index (χ2v) is 4.65. The molecule has 2 heteroatoms. The van der Waals surface area contributed by atoms with Crippen LogP contribution >= 0.6 is 0 Å². The van der Waals surface area contributed by atoms with E-state index in [9.17, 15) is 0 Å². The lowest BCUT2D eigenvalue weighted by atomic mass is 10.1. The van der Waals surface area contributed by atoms with Crippen LogP contribution in [0, 0.1) is 0 Å². The zero-order chi connectivity index (χ0) is 16.2. The zero-order valence-corrected chi connectivity index (χ0v) is 13.4. The van der Waals surface area contributed by atoms with E-state index in [4.69, 9.17) is 9.47 Å². The molecule has 0 amide bonds. The summed E-state index contributed by atoms with van der Waals surface area (Å²) < 4.78 is 10.2. The summed E-state index contributed by atoms with van der Waals surface area (Å²) in [6, 6.07) is 16.0. The Balaban J connectivity index is 0.000000220. The van der Waals surface area contributed by atoms with Gasteiger partial charge in [-0.05, 0) is 42.2 Å². The Morgan fingerprint density at radius 2 is 1.45 bits per heavy atom. The molecule has 2 aromatic carbocycles. The van der Waals surface area contributed by atoms with Crippen LogP contribution in [0.3, 0.4) is 0 Å². The van der Waals surface area contributed by atoms with E-state index >= 15 is 0 Å². The van der Waals surface area contributed by atoms with Gasteiger partial charge in [-0.1, -0.05) is 42.5 Å². The number of hydrogen-bond acceptors (Lipinski definition) is 2. The molecule has 0 N–H and O–H groups in total. The van der Waals surface area contributed by atoms with Crippen LogP contribution < -0.4 is 9.47 Å². The Hall–Kier alpha value is -2.48. The fourth-order valence-corrected chi connectivity index (χ4v) is 1.96. The van der Waals surface area contributed by atoms with Crippen LogP contribution in [-0.4, -0.2) is 14.2 Å². The number of methoxy groups -OCH3 is 2. The number of benzene rings is 2. The Bertz CT molecular complexity index is 571. The predicted molar refractivity (Wildman–Crippen MR) is 93.8 cm³/mol. The van der Waals surface area contributed by atoms with E-state index in [1.54, 1.807) is 14.2 Å². The second kappa shape index (κ2) is 10.3. The Morgan fingerprint density at radius 3 is 2.00 bits per heavy atom. The van der Waals surface area contributed by atoms with Gasteiger partial charge in [0.2, 0.25) is 0 Å². The van der Waals surface area contributed by atoms with Crippen molar-refractivity contribution in [1.82, 2.24) is 0 Å². The van der Waals surface area contributed by atoms with Crippen molar-refractivity contribution in [1.29, 1.82) is 0 Å². The van der Waals surface area contributed by atoms with E-state index in [0.29, 0.717) is 0 Å². The van der Waals surface area contributed by atoms with Crippen molar-refractivity contribution in [3.05, 3.63) is 85.0 Å². The maximum Gasteiger partial charge on any atom is 0.122 e. The molecule has 0 aliphatic rings. The molecule has 2 rings (SSSR count). The van der Waals surface area contributed by atoms with Gasteiger partial charge < -0.3 is 9.47 Å². The maximum atomic E-state index is 5.15. The number of hydrogen-bond donors (Lipinski definition) is 0. The minimum Gasteiger partial charge on any atom is -0.497 e. The van der Waals surface area contributed by atoms with E-state index < -0.39 is 0 Å². The summed E-state index contributed by atoms with van der Waals surface area (Å²) in [5.74, 6) is 1.84. The average molecular weight is 296 g/mol. The molecule has 0 atom stereocenters. The van der Waals surface area contributed by atoms with Crippen LogP contribution in [0.5, 0.6) is 11.5 Å². The standard InChI is InChI=1S/2C10H12O/c1-3-6-9-7-4-5-8-10(9)11-2;1-3-4-9-5-7-10(11-2)8-6-9/h3-5,7-8H,1,6H2,2H3;3,5-8H,1,4H2,2H3. The van der Waals surface area contributed by atoms with Gasteiger partial charge in [0, 0.05) is 0 Å². The first-order valence-electron chi connectivity index (χ1n) is 7.21. The third-order valence-corrected chi connectivity index (χ3v) is 3.10. The minimum absolute atomic E-state index is 0.865. The van der Waals surface area contributed by atoms with E-state index in [2.05, 4.69) is 13.2 Å². The molecule has 0 unspecified atom stereocenters. The number of ether oxygens (including phenoxy) is 2. The van der Waals surface area contributed by atoms with Gasteiger partial charge >= 0.3 is 0 Å². The SMILES string of the molecule is C=CCc1ccc(OC)cc1.C=CCc1ccccc1OC. The summed E-state index contributed by atoms with van der Waals surface area (Å²) in [6.07, 6.45) is 5.55. The van der Waals surface area contributed by atoms with Gasteiger partial charge in [0.1, 0.15) is 11.5 Å². The molecule has 0 bridgehead atoms. The smallest absolute Gasteiger partial charge is 0.122 e. The highest BCUT2D eigenvalue weighted by Gasteiger charge is 1.96. The van der Waals surface area contributed by atoms with E-state index in [1.807, 2.05) is 60.7 Å². The first kappa shape index (κ1) is 17.6. The molecule has 0 heterocycles. The summed E-state index contributed by atoms with van der Waals surface area (Å²) in [4.78, 5) is 0. The summed E-state index contributed by atoms with van der Waals surface area (Å²) in [6.45, 7) is 7.34. The fourth-order valence-electron chi connectivity index (χ4n) is 1.96. The van der Waals surface area contributed by atoms with Crippen LogP contribution in [-0.2, 0) is 12.8 Å². The van der Waals surface area contributed by atoms with Gasteiger partial charge in [-0.2, -0.15) is 0 Å². The number of para-hydroxylation sites is 1. The first-order valence-corrected chi connectivity index (χ1v) is 7.21. The maximum absolute atomic E-state index is 5.15. The molecule has 0 fully saturated rings. The normalized spacial score (nSPS) is 9.18. The molecule has 2 nitrogen and oxygen atoms in total. The van der Waals surface area contributed by atoms with Gasteiger partial charge in [0.15, 0.2) is 0 Å². The van der Waals surface area contributed by atoms with Crippen LogP contribution in [0.15, 0.2) is 73.8 Å². The summed E-state index contributed by atoms with van der Waals surface area (Å²) in [5.41, 5.74) is 2.45. The molecule has 0 aromatic heterocycles. The molecule has 0 saturated carbocycles. The van der Waals surface area contributed by atoms with Crippen LogP contribution in [0.1, 0.15) is 11.1 Å². The third-order valence-electron chi connectivity index (χ3n) is 3.10. The van der Waals surface area contributed by atoms with Crippen molar-refractivity contribution in [3.8, 4) is 11.5 Å². The molecule has 0 radical (unpaired) electrons. The van der Waals surface area contributed by atoms with Crippen molar-refractivity contribution in [2.75, 3.05) is 14.2 Å². The van der Waals surface area contributed by atoms with Crippen molar-refractivity contribution in [2.24, 2.45) is 0 Å². The lowest BCUT2D eigenvalue weighted by molar-refractivity contribution is 0.410. The molecule has 2 aromatic rings. The van der Waals surface area contributed by atoms with Crippen LogP contribution in [0.2, 0.25) is 0 Å². The third kappa shape index (κ3) is 5.88. The largest absolute Gasteiger partial charge is 0.497 e. The van der Waals surface area contributed by atoms with E-state index in [1.165, 1.54) is 11.1 Å². The predicted octanol–water partition coefficient (Wildman–Crippen LogP) is 4.85. The van der Waals surface area contributed by atoms with Crippen molar-refractivity contribution >= 4 is 0 Å². The van der Waals surface area contributed by atoms with Crippen LogP contribution in [0.25, 0.3) is 0 Å². The highest BCUT2D eigenvalue weighted by molar-refractivity contribution is 5.34. The first-order chi connectivity index (χ1) is 10.7. The van der Waals surface area contributed by atoms with Gasteiger partial charge in [-0.25, -0.2) is 0 Å². The van der Waals surface area contributed by atoms with Gasteiger partial charge in [0.25, 0.3) is 0 Å². The summed E-state index contributed by atoms with van der Waals surface area (Å²) in [5, 5.41) is 0. The highest BCUT2D eigenvalue weighted by Crippen LogP contribution is 2.17. The molecule has 22 heavy (non-hydrogen) atoms. The lowest BCUT2D eigenvalue weighted by Crippen LogP contribution is -1.88. The molecular formula is C20H24O2. The number of rotatable bonds is 6. The highest BCUT2D eigenvalue weighted by atomic mass is 16.5. The molecule has 0 aliphatic heterocycles. The van der Waals surface area contributed by atoms with E-state index in [-0.39, 0.29) is 0 Å². The Morgan fingerprint density at radius 1 is 0.818 bits per heavy atom.